The van der Waals surface area contributed by atoms with Crippen LogP contribution in [0.5, 0.6) is 0 Å². The molecular weight excluding hydrogens is 641 g/mol. The van der Waals surface area contributed by atoms with E-state index in [1.807, 2.05) is 58.0 Å². The van der Waals surface area contributed by atoms with Gasteiger partial charge < -0.3 is 25.8 Å². The van der Waals surface area contributed by atoms with Crippen LogP contribution in [-0.4, -0.2) is 96.7 Å². The molecule has 0 fully saturated rings. The number of hydrogen-bond donors (Lipinski definition) is 4. The van der Waals surface area contributed by atoms with Gasteiger partial charge in [0.2, 0.25) is 11.8 Å². The summed E-state index contributed by atoms with van der Waals surface area (Å²) in [6.07, 6.45) is 3.77. The summed E-state index contributed by atoms with van der Waals surface area (Å²) >= 11 is 1.21. The molecule has 0 aliphatic heterocycles. The first-order chi connectivity index (χ1) is 22.4. The molecule has 0 aliphatic carbocycles. The number of nitrogens with one attached hydrogen (secondary N) is 3. The average molecular weight is 693 g/mol. The summed E-state index contributed by atoms with van der Waals surface area (Å²) in [5.74, 6) is -1.85. The Labute approximate surface area is 284 Å². The molecule has 1 heterocycles. The van der Waals surface area contributed by atoms with Crippen molar-refractivity contribution in [3.63, 3.8) is 0 Å². The SMILES string of the molecule is CCCC(CCC)S(=O)(=O)CC(NC(=O)c1cccnc1)C(=O)NC(Cc1ccccc1)C(O)C(SCCOC)C(=O)NCC(C)C. The highest BCUT2D eigenvalue weighted by Crippen LogP contribution is 2.22. The van der Waals surface area contributed by atoms with Crippen molar-refractivity contribution >= 4 is 39.3 Å². The fourth-order valence-corrected chi connectivity index (χ4v) is 8.35. The van der Waals surface area contributed by atoms with Crippen molar-refractivity contribution in [3.8, 4) is 0 Å². The van der Waals surface area contributed by atoms with Crippen molar-refractivity contribution in [2.75, 3.05) is 31.8 Å². The molecule has 0 spiro atoms. The second kappa shape index (κ2) is 21.1. The van der Waals surface area contributed by atoms with Crippen molar-refractivity contribution in [2.24, 2.45) is 5.92 Å². The van der Waals surface area contributed by atoms with Crippen LogP contribution < -0.4 is 16.0 Å². The first-order valence-corrected chi connectivity index (χ1v) is 19.0. The minimum atomic E-state index is -3.83. The van der Waals surface area contributed by atoms with E-state index in [4.69, 9.17) is 4.74 Å². The van der Waals surface area contributed by atoms with Gasteiger partial charge in [-0.3, -0.25) is 19.4 Å². The lowest BCUT2D eigenvalue weighted by molar-refractivity contribution is -0.126. The lowest BCUT2D eigenvalue weighted by atomic mass is 9.98. The molecule has 2 rings (SSSR count). The van der Waals surface area contributed by atoms with E-state index in [0.29, 0.717) is 44.6 Å². The third-order valence-electron chi connectivity index (χ3n) is 7.55. The second-order valence-corrected chi connectivity index (χ2v) is 15.6. The van der Waals surface area contributed by atoms with Crippen LogP contribution in [0.1, 0.15) is 69.3 Å². The smallest absolute Gasteiger partial charge is 0.253 e. The molecule has 13 heteroatoms. The molecule has 3 amide bonds. The third-order valence-corrected chi connectivity index (χ3v) is 11.1. The number of methoxy groups -OCH3 is 1. The third kappa shape index (κ3) is 13.9. The number of hydrogen-bond acceptors (Lipinski definition) is 9. The largest absolute Gasteiger partial charge is 0.389 e. The zero-order valence-corrected chi connectivity index (χ0v) is 29.8. The summed E-state index contributed by atoms with van der Waals surface area (Å²) in [7, 11) is -2.29. The highest BCUT2D eigenvalue weighted by Gasteiger charge is 2.38. The van der Waals surface area contributed by atoms with Gasteiger partial charge in [0.05, 0.1) is 35.3 Å². The number of thioether (sulfide) groups is 1. The van der Waals surface area contributed by atoms with Crippen LogP contribution in [0.3, 0.4) is 0 Å². The Bertz CT molecular complexity index is 1320. The molecule has 4 unspecified atom stereocenters. The van der Waals surface area contributed by atoms with Crippen LogP contribution >= 0.6 is 11.8 Å². The van der Waals surface area contributed by atoms with Gasteiger partial charge in [-0.15, -0.1) is 11.8 Å². The normalized spacial score (nSPS) is 14.3. The minimum absolute atomic E-state index is 0.150. The Balaban J connectivity index is 2.49. The fourth-order valence-electron chi connectivity index (χ4n) is 5.05. The predicted octanol–water partition coefficient (Wildman–Crippen LogP) is 3.17. The van der Waals surface area contributed by atoms with Crippen molar-refractivity contribution in [3.05, 3.63) is 66.0 Å². The maximum absolute atomic E-state index is 14.1. The molecule has 262 valence electrons. The summed E-state index contributed by atoms with van der Waals surface area (Å²) < 4.78 is 32.5. The van der Waals surface area contributed by atoms with Gasteiger partial charge in [-0.05, 0) is 42.9 Å². The molecule has 1 aromatic heterocycles. The number of sulfone groups is 1. The second-order valence-electron chi connectivity index (χ2n) is 12.0. The number of amides is 3. The van der Waals surface area contributed by atoms with E-state index < -0.39 is 56.1 Å². The van der Waals surface area contributed by atoms with Crippen molar-refractivity contribution < 1.29 is 32.6 Å². The number of pyridine rings is 1. The average Bonchev–Trinajstić information content (AvgIpc) is 3.05. The highest BCUT2D eigenvalue weighted by molar-refractivity contribution is 8.00. The maximum Gasteiger partial charge on any atom is 0.253 e. The van der Waals surface area contributed by atoms with Gasteiger partial charge in [0.25, 0.3) is 5.91 Å². The van der Waals surface area contributed by atoms with Gasteiger partial charge in [0, 0.05) is 31.8 Å². The van der Waals surface area contributed by atoms with E-state index in [0.717, 1.165) is 5.56 Å². The lowest BCUT2D eigenvalue weighted by Crippen LogP contribution is -2.58. The fraction of sp³-hybridized carbons (Fsp3) is 0.588. The van der Waals surface area contributed by atoms with Crippen LogP contribution in [0, 0.1) is 5.92 Å². The standard InChI is InChI=1S/C34H52N4O7S2/c1-6-12-27(13-7-2)47(43,44)23-29(38-32(40)26-16-11-17-35-22-26)33(41)37-28(20-25-14-9-8-10-15-25)30(39)31(46-19-18-45-5)34(42)36-21-24(3)4/h8-11,14-17,22,24,27-31,39H,6-7,12-13,18-21,23H2,1-5H3,(H,36,42)(H,37,41)(H,38,40). The monoisotopic (exact) mass is 692 g/mol. The molecule has 2 aromatic rings. The summed E-state index contributed by atoms with van der Waals surface area (Å²) in [6.45, 7) is 8.47. The number of ether oxygens (including phenoxy) is 1. The molecule has 0 bridgehead atoms. The van der Waals surface area contributed by atoms with Gasteiger partial charge in [0.1, 0.15) is 11.3 Å². The van der Waals surface area contributed by atoms with Crippen LogP contribution in [0.4, 0.5) is 0 Å². The van der Waals surface area contributed by atoms with E-state index in [1.165, 1.54) is 30.2 Å². The molecule has 0 saturated heterocycles. The summed E-state index contributed by atoms with van der Waals surface area (Å²) in [6, 6.07) is 9.78. The Morgan fingerprint density at radius 2 is 1.66 bits per heavy atom. The summed E-state index contributed by atoms with van der Waals surface area (Å²) in [4.78, 5) is 44.6. The molecular formula is C34H52N4O7S2. The van der Waals surface area contributed by atoms with Gasteiger partial charge in [0.15, 0.2) is 9.84 Å². The number of rotatable bonds is 22. The van der Waals surface area contributed by atoms with Crippen molar-refractivity contribution in [1.29, 1.82) is 0 Å². The number of aliphatic hydroxyl groups excluding tert-OH is 1. The molecule has 0 aliphatic rings. The Morgan fingerprint density at radius 1 is 0.979 bits per heavy atom. The number of aromatic nitrogens is 1. The zero-order chi connectivity index (χ0) is 34.8. The van der Waals surface area contributed by atoms with Crippen molar-refractivity contribution in [1.82, 2.24) is 20.9 Å². The molecule has 4 atom stereocenters. The lowest BCUT2D eigenvalue weighted by Gasteiger charge is -2.31. The van der Waals surface area contributed by atoms with E-state index >= 15 is 0 Å². The Kier molecular flexibility index (Phi) is 18.0. The van der Waals surface area contributed by atoms with E-state index in [2.05, 4.69) is 20.9 Å². The quantitative estimate of drug-likeness (QED) is 0.136. The number of carbonyl (C=O) groups is 3. The number of carbonyl (C=O) groups excluding carboxylic acids is 3. The molecule has 4 N–H and O–H groups in total. The Hall–Kier alpha value is -3.00. The Morgan fingerprint density at radius 3 is 2.23 bits per heavy atom. The zero-order valence-electron chi connectivity index (χ0n) is 28.2. The number of benzene rings is 1. The van der Waals surface area contributed by atoms with Crippen LogP contribution in [0.2, 0.25) is 0 Å². The van der Waals surface area contributed by atoms with Gasteiger partial charge in [-0.1, -0.05) is 70.9 Å². The molecule has 0 radical (unpaired) electrons. The van der Waals surface area contributed by atoms with E-state index in [9.17, 15) is 27.9 Å². The van der Waals surface area contributed by atoms with Gasteiger partial charge in [-0.25, -0.2) is 8.42 Å². The summed E-state index contributed by atoms with van der Waals surface area (Å²) in [5, 5.41) is 18.5. The minimum Gasteiger partial charge on any atom is -0.389 e. The van der Waals surface area contributed by atoms with Crippen LogP contribution in [0.15, 0.2) is 54.9 Å². The number of nitrogens with zero attached hydrogens (tertiary/aromatic N) is 1. The molecule has 11 nitrogen and oxygen atoms in total. The topological polar surface area (TPSA) is 164 Å². The predicted molar refractivity (Wildman–Crippen MR) is 187 cm³/mol. The molecule has 47 heavy (non-hydrogen) atoms. The molecule has 0 saturated carbocycles. The van der Waals surface area contributed by atoms with E-state index in [1.54, 1.807) is 13.2 Å². The van der Waals surface area contributed by atoms with Crippen LogP contribution in [-0.2, 0) is 30.6 Å². The van der Waals surface area contributed by atoms with Crippen molar-refractivity contribution in [2.45, 2.75) is 88.5 Å². The first kappa shape index (κ1) is 40.2. The van der Waals surface area contributed by atoms with Crippen LogP contribution in [0.25, 0.3) is 0 Å². The van der Waals surface area contributed by atoms with Gasteiger partial charge in [-0.2, -0.15) is 0 Å². The highest BCUT2D eigenvalue weighted by atomic mass is 32.2. The van der Waals surface area contributed by atoms with E-state index in [-0.39, 0.29) is 23.8 Å². The first-order valence-electron chi connectivity index (χ1n) is 16.3. The molecule has 1 aromatic carbocycles. The summed E-state index contributed by atoms with van der Waals surface area (Å²) in [5.41, 5.74) is 0.952. The number of aliphatic hydroxyl groups is 1. The van der Waals surface area contributed by atoms with Gasteiger partial charge >= 0.3 is 0 Å². The maximum atomic E-state index is 14.1.